The monoisotopic (exact) mass is 280 g/mol. The van der Waals surface area contributed by atoms with Crippen LogP contribution in [0.3, 0.4) is 0 Å². The molecule has 1 aliphatic heterocycles. The Bertz CT molecular complexity index is 361. The van der Waals surface area contributed by atoms with Gasteiger partial charge >= 0.3 is 0 Å². The van der Waals surface area contributed by atoms with Crippen LogP contribution in [0.1, 0.15) is 56.0 Å². The third-order valence-corrected chi connectivity index (χ3v) is 5.18. The van der Waals surface area contributed by atoms with Crippen LogP contribution in [-0.4, -0.2) is 31.1 Å². The van der Waals surface area contributed by atoms with Crippen molar-refractivity contribution in [1.82, 2.24) is 10.2 Å². The summed E-state index contributed by atoms with van der Waals surface area (Å²) in [5, 5.41) is 5.84. The number of rotatable bonds is 8. The van der Waals surface area contributed by atoms with Gasteiger partial charge in [0.1, 0.15) is 0 Å². The molecule has 0 amide bonds. The summed E-state index contributed by atoms with van der Waals surface area (Å²) in [5.41, 5.74) is 1.57. The molecule has 1 aromatic rings. The molecule has 0 fully saturated rings. The lowest BCUT2D eigenvalue weighted by Gasteiger charge is -2.33. The molecule has 1 atom stereocenters. The van der Waals surface area contributed by atoms with E-state index in [1.54, 1.807) is 10.4 Å². The van der Waals surface area contributed by atoms with Crippen molar-refractivity contribution >= 4 is 11.3 Å². The van der Waals surface area contributed by atoms with E-state index in [-0.39, 0.29) is 0 Å². The molecule has 0 radical (unpaired) electrons. The Morgan fingerprint density at radius 1 is 1.32 bits per heavy atom. The Kier molecular flexibility index (Phi) is 6.35. The van der Waals surface area contributed by atoms with Crippen molar-refractivity contribution in [3.8, 4) is 0 Å². The second-order valence-electron chi connectivity index (χ2n) is 5.57. The fourth-order valence-electron chi connectivity index (χ4n) is 2.89. The SMILES string of the molecule is CCCCCCNCCN1CCc2sccc2C1C. The molecule has 0 aromatic carbocycles. The van der Waals surface area contributed by atoms with Crippen LogP contribution < -0.4 is 5.32 Å². The molecule has 1 unspecified atom stereocenters. The van der Waals surface area contributed by atoms with E-state index in [9.17, 15) is 0 Å². The summed E-state index contributed by atoms with van der Waals surface area (Å²) in [4.78, 5) is 4.23. The lowest BCUT2D eigenvalue weighted by Crippen LogP contribution is -2.38. The minimum atomic E-state index is 0.608. The molecule has 0 spiro atoms. The highest BCUT2D eigenvalue weighted by atomic mass is 32.1. The van der Waals surface area contributed by atoms with Crippen LogP contribution in [0.4, 0.5) is 0 Å². The fraction of sp³-hybridized carbons (Fsp3) is 0.750. The van der Waals surface area contributed by atoms with Crippen LogP contribution in [-0.2, 0) is 6.42 Å². The van der Waals surface area contributed by atoms with Crippen molar-refractivity contribution in [1.29, 1.82) is 0 Å². The van der Waals surface area contributed by atoms with E-state index in [0.717, 1.165) is 6.54 Å². The second kappa shape index (κ2) is 8.03. The first-order valence-corrected chi connectivity index (χ1v) is 8.72. The molecule has 2 rings (SSSR count). The van der Waals surface area contributed by atoms with Crippen molar-refractivity contribution in [2.24, 2.45) is 0 Å². The number of nitrogens with zero attached hydrogens (tertiary/aromatic N) is 1. The molecule has 1 N–H and O–H groups in total. The minimum Gasteiger partial charge on any atom is -0.315 e. The first kappa shape index (κ1) is 15.0. The maximum atomic E-state index is 3.59. The van der Waals surface area contributed by atoms with E-state index in [1.165, 1.54) is 51.7 Å². The van der Waals surface area contributed by atoms with Crippen LogP contribution in [0.5, 0.6) is 0 Å². The van der Waals surface area contributed by atoms with Crippen LogP contribution in [0, 0.1) is 0 Å². The summed E-state index contributed by atoms with van der Waals surface area (Å²) in [6.45, 7) is 9.36. The third-order valence-electron chi connectivity index (χ3n) is 4.19. The molecular formula is C16H28N2S. The second-order valence-corrected chi connectivity index (χ2v) is 6.57. The summed E-state index contributed by atoms with van der Waals surface area (Å²) < 4.78 is 0. The van der Waals surface area contributed by atoms with Gasteiger partial charge in [0.2, 0.25) is 0 Å². The maximum absolute atomic E-state index is 3.59. The highest BCUT2D eigenvalue weighted by Crippen LogP contribution is 2.32. The average Bonchev–Trinajstić information content (AvgIpc) is 2.89. The van der Waals surface area contributed by atoms with Gasteiger partial charge in [-0.05, 0) is 43.3 Å². The molecule has 0 aliphatic carbocycles. The normalized spacial score (nSPS) is 19.6. The Hall–Kier alpha value is -0.380. The number of hydrogen-bond acceptors (Lipinski definition) is 3. The van der Waals surface area contributed by atoms with E-state index in [2.05, 4.69) is 35.5 Å². The van der Waals surface area contributed by atoms with Gasteiger partial charge in [-0.25, -0.2) is 0 Å². The standard InChI is InChI=1S/C16H28N2S/c1-3-4-5-6-9-17-10-12-18-11-7-16-15(14(18)2)8-13-19-16/h8,13-14,17H,3-7,9-12H2,1-2H3. The Balaban J connectivity index is 1.62. The van der Waals surface area contributed by atoms with Crippen LogP contribution in [0.2, 0.25) is 0 Å². The zero-order valence-corrected chi connectivity index (χ0v) is 13.3. The molecule has 19 heavy (non-hydrogen) atoms. The van der Waals surface area contributed by atoms with E-state index in [4.69, 9.17) is 0 Å². The predicted octanol–water partition coefficient (Wildman–Crippen LogP) is 3.84. The van der Waals surface area contributed by atoms with Crippen LogP contribution >= 0.6 is 11.3 Å². The number of hydrogen-bond donors (Lipinski definition) is 1. The van der Waals surface area contributed by atoms with Gasteiger partial charge in [-0.2, -0.15) is 0 Å². The number of fused-ring (bicyclic) bond motifs is 1. The van der Waals surface area contributed by atoms with Crippen molar-refractivity contribution < 1.29 is 0 Å². The summed E-state index contributed by atoms with van der Waals surface area (Å²) in [5.74, 6) is 0. The molecule has 0 saturated carbocycles. The third kappa shape index (κ3) is 4.30. The van der Waals surface area contributed by atoms with Gasteiger partial charge in [0.05, 0.1) is 0 Å². The molecular weight excluding hydrogens is 252 g/mol. The number of thiophene rings is 1. The fourth-order valence-corrected chi connectivity index (χ4v) is 3.85. The first-order valence-electron chi connectivity index (χ1n) is 7.84. The van der Waals surface area contributed by atoms with Crippen molar-refractivity contribution in [2.75, 3.05) is 26.2 Å². The molecule has 0 bridgehead atoms. The van der Waals surface area contributed by atoms with E-state index in [0.29, 0.717) is 6.04 Å². The quantitative estimate of drug-likeness (QED) is 0.728. The Morgan fingerprint density at radius 3 is 3.05 bits per heavy atom. The van der Waals surface area contributed by atoms with Gasteiger partial charge in [-0.3, -0.25) is 4.90 Å². The van der Waals surface area contributed by atoms with Crippen LogP contribution in [0.15, 0.2) is 11.4 Å². The number of nitrogens with one attached hydrogen (secondary N) is 1. The summed E-state index contributed by atoms with van der Waals surface area (Å²) in [7, 11) is 0. The maximum Gasteiger partial charge on any atom is 0.0331 e. The van der Waals surface area contributed by atoms with Gasteiger partial charge in [-0.1, -0.05) is 26.2 Å². The van der Waals surface area contributed by atoms with Crippen LogP contribution in [0.25, 0.3) is 0 Å². The Labute approximate surface area is 122 Å². The van der Waals surface area contributed by atoms with Gasteiger partial charge in [-0.15, -0.1) is 11.3 Å². The average molecular weight is 280 g/mol. The minimum absolute atomic E-state index is 0.608. The van der Waals surface area contributed by atoms with E-state index in [1.807, 2.05) is 11.3 Å². The van der Waals surface area contributed by atoms with Crippen molar-refractivity contribution in [3.63, 3.8) is 0 Å². The predicted molar refractivity (Wildman–Crippen MR) is 85.0 cm³/mol. The molecule has 108 valence electrons. The molecule has 3 heteroatoms. The van der Waals surface area contributed by atoms with Crippen molar-refractivity contribution in [3.05, 3.63) is 21.9 Å². The molecule has 2 nitrogen and oxygen atoms in total. The highest BCUT2D eigenvalue weighted by Gasteiger charge is 2.23. The van der Waals surface area contributed by atoms with Gasteiger partial charge in [0.15, 0.2) is 0 Å². The Morgan fingerprint density at radius 2 is 2.21 bits per heavy atom. The number of unbranched alkanes of at least 4 members (excludes halogenated alkanes) is 3. The van der Waals surface area contributed by atoms with Gasteiger partial charge in [0.25, 0.3) is 0 Å². The largest absolute Gasteiger partial charge is 0.315 e. The van der Waals surface area contributed by atoms with E-state index < -0.39 is 0 Å². The first-order chi connectivity index (χ1) is 9.33. The zero-order chi connectivity index (χ0) is 13.5. The molecule has 1 aromatic heterocycles. The zero-order valence-electron chi connectivity index (χ0n) is 12.5. The molecule has 0 saturated heterocycles. The smallest absolute Gasteiger partial charge is 0.0331 e. The summed E-state index contributed by atoms with van der Waals surface area (Å²) in [6, 6.07) is 2.92. The molecule has 1 aliphatic rings. The topological polar surface area (TPSA) is 15.3 Å². The lowest BCUT2D eigenvalue weighted by atomic mass is 10.0. The van der Waals surface area contributed by atoms with Gasteiger partial charge < -0.3 is 5.32 Å². The van der Waals surface area contributed by atoms with Gasteiger partial charge in [0, 0.05) is 30.6 Å². The molecule has 2 heterocycles. The van der Waals surface area contributed by atoms with E-state index >= 15 is 0 Å². The highest BCUT2D eigenvalue weighted by molar-refractivity contribution is 7.10. The van der Waals surface area contributed by atoms with Crippen molar-refractivity contribution in [2.45, 2.75) is 52.0 Å². The summed E-state index contributed by atoms with van der Waals surface area (Å²) in [6.07, 6.45) is 6.66. The lowest BCUT2D eigenvalue weighted by molar-refractivity contribution is 0.201. The summed E-state index contributed by atoms with van der Waals surface area (Å²) >= 11 is 1.93.